The highest BCUT2D eigenvalue weighted by atomic mass is 32.1. The molecule has 0 unspecified atom stereocenters. The Balaban J connectivity index is 1.45. The Labute approximate surface area is 169 Å². The lowest BCUT2D eigenvalue weighted by atomic mass is 10.2. The van der Waals surface area contributed by atoms with Crippen molar-refractivity contribution >= 4 is 23.2 Å². The van der Waals surface area contributed by atoms with Crippen LogP contribution >= 0.6 is 11.3 Å². The first-order valence-electron chi connectivity index (χ1n) is 8.73. The molecule has 3 aromatic rings. The van der Waals surface area contributed by atoms with E-state index < -0.39 is 17.6 Å². The van der Waals surface area contributed by atoms with Crippen molar-refractivity contribution in [3.8, 4) is 11.3 Å². The quantitative estimate of drug-likeness (QED) is 0.518. The van der Waals surface area contributed by atoms with Gasteiger partial charge in [-0.15, -0.1) is 0 Å². The number of aryl methyl sites for hydroxylation is 1. The van der Waals surface area contributed by atoms with E-state index in [0.717, 1.165) is 17.7 Å². The van der Waals surface area contributed by atoms with Crippen LogP contribution in [0, 0.1) is 11.6 Å². The standard InChI is InChI=1S/C20H18F2N2O4S/c1-24(10-13-6-7-29-12-13)19(25)11-27-20(26)5-4-18-23-9-17(28-18)15-3-2-14(21)8-16(15)22/h2-3,6-9,12H,4-5,10-11H2,1H3. The van der Waals surface area contributed by atoms with Crippen molar-refractivity contribution in [2.45, 2.75) is 19.4 Å². The number of ether oxygens (including phenoxy) is 1. The molecular formula is C20H18F2N2O4S. The van der Waals surface area contributed by atoms with Crippen LogP contribution in [0.4, 0.5) is 8.78 Å². The maximum absolute atomic E-state index is 13.8. The van der Waals surface area contributed by atoms with Crippen LogP contribution in [0.2, 0.25) is 0 Å². The number of thiophene rings is 1. The fourth-order valence-electron chi connectivity index (χ4n) is 2.52. The van der Waals surface area contributed by atoms with Crippen molar-refractivity contribution in [2.24, 2.45) is 0 Å². The first kappa shape index (κ1) is 20.7. The fraction of sp³-hybridized carbons (Fsp3) is 0.250. The van der Waals surface area contributed by atoms with E-state index in [-0.39, 0.29) is 42.6 Å². The second-order valence-electron chi connectivity index (χ2n) is 6.28. The molecule has 0 N–H and O–H groups in total. The van der Waals surface area contributed by atoms with E-state index in [4.69, 9.17) is 9.15 Å². The maximum Gasteiger partial charge on any atom is 0.306 e. The Bertz CT molecular complexity index is 988. The molecule has 0 bridgehead atoms. The SMILES string of the molecule is CN(Cc1ccsc1)C(=O)COC(=O)CCc1ncc(-c2ccc(F)cc2F)o1. The molecule has 0 saturated heterocycles. The number of carbonyl (C=O) groups is 2. The molecule has 3 rings (SSSR count). The van der Waals surface area contributed by atoms with Gasteiger partial charge in [-0.25, -0.2) is 13.8 Å². The summed E-state index contributed by atoms with van der Waals surface area (Å²) in [5.41, 5.74) is 1.08. The highest BCUT2D eigenvalue weighted by Gasteiger charge is 2.15. The Kier molecular flexibility index (Phi) is 6.71. The van der Waals surface area contributed by atoms with Crippen LogP contribution in [0.25, 0.3) is 11.3 Å². The van der Waals surface area contributed by atoms with E-state index in [1.54, 1.807) is 18.4 Å². The van der Waals surface area contributed by atoms with Gasteiger partial charge >= 0.3 is 5.97 Å². The lowest BCUT2D eigenvalue weighted by molar-refractivity contribution is -0.151. The minimum absolute atomic E-state index is 0.0482. The highest BCUT2D eigenvalue weighted by Crippen LogP contribution is 2.24. The topological polar surface area (TPSA) is 72.6 Å². The molecule has 6 nitrogen and oxygen atoms in total. The van der Waals surface area contributed by atoms with Crippen molar-refractivity contribution in [3.63, 3.8) is 0 Å². The molecule has 0 aliphatic carbocycles. The van der Waals surface area contributed by atoms with Crippen LogP contribution in [-0.4, -0.2) is 35.4 Å². The summed E-state index contributed by atoms with van der Waals surface area (Å²) in [6.07, 6.45) is 1.38. The zero-order valence-electron chi connectivity index (χ0n) is 15.6. The van der Waals surface area contributed by atoms with Crippen LogP contribution in [-0.2, 0) is 27.3 Å². The number of nitrogens with zero attached hydrogens (tertiary/aromatic N) is 2. The fourth-order valence-corrected chi connectivity index (χ4v) is 3.18. The van der Waals surface area contributed by atoms with Gasteiger partial charge in [0.25, 0.3) is 5.91 Å². The molecule has 1 aromatic carbocycles. The highest BCUT2D eigenvalue weighted by molar-refractivity contribution is 7.07. The van der Waals surface area contributed by atoms with E-state index in [2.05, 4.69) is 4.98 Å². The number of oxazole rings is 1. The number of aromatic nitrogens is 1. The van der Waals surface area contributed by atoms with E-state index in [1.807, 2.05) is 16.8 Å². The summed E-state index contributed by atoms with van der Waals surface area (Å²) in [5, 5.41) is 3.87. The number of hydrogen-bond donors (Lipinski definition) is 0. The number of halogens is 2. The second kappa shape index (κ2) is 9.42. The minimum atomic E-state index is -0.766. The molecule has 1 amide bonds. The van der Waals surface area contributed by atoms with Crippen molar-refractivity contribution in [1.82, 2.24) is 9.88 Å². The molecule has 0 atom stereocenters. The Morgan fingerprint density at radius 2 is 2.10 bits per heavy atom. The molecule has 9 heteroatoms. The number of hydrogen-bond acceptors (Lipinski definition) is 6. The van der Waals surface area contributed by atoms with Crippen molar-refractivity contribution < 1.29 is 27.5 Å². The third-order valence-electron chi connectivity index (χ3n) is 4.08. The van der Waals surface area contributed by atoms with E-state index in [0.29, 0.717) is 6.54 Å². The molecule has 29 heavy (non-hydrogen) atoms. The van der Waals surface area contributed by atoms with Gasteiger partial charge in [0.15, 0.2) is 18.3 Å². The molecule has 0 aliphatic heterocycles. The van der Waals surface area contributed by atoms with E-state index >= 15 is 0 Å². The molecule has 2 heterocycles. The summed E-state index contributed by atoms with van der Waals surface area (Å²) in [5.74, 6) is -2.00. The molecule has 0 saturated carbocycles. The van der Waals surface area contributed by atoms with Crippen LogP contribution in [0.3, 0.4) is 0 Å². The summed E-state index contributed by atoms with van der Waals surface area (Å²) < 4.78 is 37.2. The van der Waals surface area contributed by atoms with Gasteiger partial charge in [0.05, 0.1) is 18.2 Å². The molecule has 0 aliphatic rings. The number of rotatable bonds is 8. The number of carbonyl (C=O) groups excluding carboxylic acids is 2. The minimum Gasteiger partial charge on any atom is -0.456 e. The zero-order chi connectivity index (χ0) is 20.8. The lowest BCUT2D eigenvalue weighted by Crippen LogP contribution is -2.30. The van der Waals surface area contributed by atoms with Crippen LogP contribution in [0.1, 0.15) is 17.9 Å². The predicted octanol–water partition coefficient (Wildman–Crippen LogP) is 3.82. The molecular weight excluding hydrogens is 402 g/mol. The summed E-state index contributed by atoms with van der Waals surface area (Å²) in [6.45, 7) is 0.0933. The zero-order valence-corrected chi connectivity index (χ0v) is 16.4. The smallest absolute Gasteiger partial charge is 0.306 e. The van der Waals surface area contributed by atoms with Crippen molar-refractivity contribution in [2.75, 3.05) is 13.7 Å². The normalized spacial score (nSPS) is 10.7. The van der Waals surface area contributed by atoms with Gasteiger partial charge in [0, 0.05) is 26.1 Å². The Morgan fingerprint density at radius 1 is 1.28 bits per heavy atom. The molecule has 152 valence electrons. The van der Waals surface area contributed by atoms with Crippen molar-refractivity contribution in [3.05, 3.63) is 64.3 Å². The molecule has 0 radical (unpaired) electrons. The summed E-state index contributed by atoms with van der Waals surface area (Å²) >= 11 is 1.54. The number of amides is 1. The summed E-state index contributed by atoms with van der Waals surface area (Å²) in [6, 6.07) is 5.04. The van der Waals surface area contributed by atoms with Gasteiger partial charge < -0.3 is 14.1 Å². The first-order valence-corrected chi connectivity index (χ1v) is 9.67. The third-order valence-corrected chi connectivity index (χ3v) is 4.81. The lowest BCUT2D eigenvalue weighted by Gasteiger charge is -2.16. The van der Waals surface area contributed by atoms with Crippen LogP contribution in [0.5, 0.6) is 0 Å². The Hall–Kier alpha value is -3.07. The van der Waals surface area contributed by atoms with Gasteiger partial charge in [-0.05, 0) is 34.5 Å². The van der Waals surface area contributed by atoms with Gasteiger partial charge in [0.2, 0.25) is 0 Å². The molecule has 2 aromatic heterocycles. The van der Waals surface area contributed by atoms with Gasteiger partial charge in [-0.2, -0.15) is 11.3 Å². The average Bonchev–Trinajstić information content (AvgIpc) is 3.36. The molecule has 0 fully saturated rings. The van der Waals surface area contributed by atoms with Gasteiger partial charge in [0.1, 0.15) is 11.6 Å². The monoisotopic (exact) mass is 420 g/mol. The van der Waals surface area contributed by atoms with E-state index in [1.165, 1.54) is 17.2 Å². The maximum atomic E-state index is 13.8. The molecule has 0 spiro atoms. The number of likely N-dealkylation sites (N-methyl/N-ethyl adjacent to an activating group) is 1. The van der Waals surface area contributed by atoms with Crippen LogP contribution in [0.15, 0.2) is 45.6 Å². The van der Waals surface area contributed by atoms with Gasteiger partial charge in [-0.1, -0.05) is 0 Å². The van der Waals surface area contributed by atoms with Crippen molar-refractivity contribution in [1.29, 1.82) is 0 Å². The summed E-state index contributed by atoms with van der Waals surface area (Å²) in [7, 11) is 1.64. The van der Waals surface area contributed by atoms with E-state index in [9.17, 15) is 18.4 Å². The first-order chi connectivity index (χ1) is 13.9. The van der Waals surface area contributed by atoms with Crippen LogP contribution < -0.4 is 0 Å². The number of benzene rings is 1. The summed E-state index contributed by atoms with van der Waals surface area (Å²) in [4.78, 5) is 29.4. The second-order valence-corrected chi connectivity index (χ2v) is 7.06. The number of esters is 1. The van der Waals surface area contributed by atoms with Gasteiger partial charge in [-0.3, -0.25) is 9.59 Å². The largest absolute Gasteiger partial charge is 0.456 e. The third kappa shape index (κ3) is 5.71. The average molecular weight is 420 g/mol. The predicted molar refractivity (Wildman–Crippen MR) is 102 cm³/mol. The Morgan fingerprint density at radius 3 is 2.83 bits per heavy atom.